The van der Waals surface area contributed by atoms with Gasteiger partial charge in [-0.3, -0.25) is 9.59 Å². The second kappa shape index (κ2) is 10.9. The number of anilines is 1. The fourth-order valence-electron chi connectivity index (χ4n) is 4.21. The van der Waals surface area contributed by atoms with Crippen LogP contribution >= 0.6 is 0 Å². The number of rotatable bonds is 9. The van der Waals surface area contributed by atoms with Crippen LogP contribution in [0.2, 0.25) is 0 Å². The van der Waals surface area contributed by atoms with Crippen LogP contribution in [0.3, 0.4) is 0 Å². The molecule has 4 aromatic rings. The highest BCUT2D eigenvalue weighted by molar-refractivity contribution is 5.96. The van der Waals surface area contributed by atoms with Crippen LogP contribution in [0.5, 0.6) is 5.75 Å². The number of methoxy groups -OCH3 is 1. The molecule has 0 bridgehead atoms. The fourth-order valence-corrected chi connectivity index (χ4v) is 4.21. The van der Waals surface area contributed by atoms with Crippen LogP contribution in [0.4, 0.5) is 10.1 Å². The van der Waals surface area contributed by atoms with Gasteiger partial charge < -0.3 is 19.9 Å². The Morgan fingerprint density at radius 3 is 2.51 bits per heavy atom. The van der Waals surface area contributed by atoms with Gasteiger partial charge in [-0.25, -0.2) is 4.39 Å². The summed E-state index contributed by atoms with van der Waals surface area (Å²) in [5.41, 5.74) is 4.09. The molecule has 0 fully saturated rings. The molecule has 35 heavy (non-hydrogen) atoms. The SMILES string of the molecule is CCN(CC(=O)Nc1ccccc1OC)C(=O)CCc1c(-c2ccccc2)[nH]c2ccc(F)cc12. The van der Waals surface area contributed by atoms with E-state index in [1.54, 1.807) is 24.3 Å². The van der Waals surface area contributed by atoms with E-state index in [4.69, 9.17) is 4.74 Å². The van der Waals surface area contributed by atoms with Crippen molar-refractivity contribution in [2.24, 2.45) is 0 Å². The van der Waals surface area contributed by atoms with Gasteiger partial charge in [-0.15, -0.1) is 0 Å². The third kappa shape index (κ3) is 5.51. The highest BCUT2D eigenvalue weighted by Crippen LogP contribution is 2.32. The van der Waals surface area contributed by atoms with Gasteiger partial charge in [-0.2, -0.15) is 0 Å². The first-order chi connectivity index (χ1) is 17.0. The number of hydrogen-bond acceptors (Lipinski definition) is 3. The lowest BCUT2D eigenvalue weighted by molar-refractivity contribution is -0.134. The van der Waals surface area contributed by atoms with E-state index in [1.165, 1.54) is 24.1 Å². The molecule has 0 unspecified atom stereocenters. The van der Waals surface area contributed by atoms with Crippen molar-refractivity contribution in [3.63, 3.8) is 0 Å². The number of nitrogens with zero attached hydrogens (tertiary/aromatic N) is 1. The number of benzene rings is 3. The zero-order chi connectivity index (χ0) is 24.8. The van der Waals surface area contributed by atoms with E-state index in [-0.39, 0.29) is 30.6 Å². The van der Waals surface area contributed by atoms with Gasteiger partial charge in [0.25, 0.3) is 0 Å². The molecular formula is C28H28FN3O3. The Balaban J connectivity index is 1.49. The summed E-state index contributed by atoms with van der Waals surface area (Å²) in [6, 6.07) is 21.5. The Labute approximate surface area is 203 Å². The lowest BCUT2D eigenvalue weighted by Gasteiger charge is -2.21. The molecule has 0 spiro atoms. The van der Waals surface area contributed by atoms with Gasteiger partial charge in [0.1, 0.15) is 11.6 Å². The predicted octanol–water partition coefficient (Wildman–Crippen LogP) is 5.40. The van der Waals surface area contributed by atoms with E-state index < -0.39 is 0 Å². The maximum Gasteiger partial charge on any atom is 0.244 e. The maximum absolute atomic E-state index is 14.0. The summed E-state index contributed by atoms with van der Waals surface area (Å²) in [5.74, 6) is -0.224. The monoisotopic (exact) mass is 473 g/mol. The molecule has 0 saturated carbocycles. The first kappa shape index (κ1) is 24.0. The Bertz CT molecular complexity index is 1330. The van der Waals surface area contributed by atoms with E-state index in [1.807, 2.05) is 43.3 Å². The van der Waals surface area contributed by atoms with Gasteiger partial charge in [0, 0.05) is 29.6 Å². The van der Waals surface area contributed by atoms with Gasteiger partial charge in [0.05, 0.1) is 19.3 Å². The molecule has 1 aromatic heterocycles. The van der Waals surface area contributed by atoms with Crippen molar-refractivity contribution in [2.45, 2.75) is 19.8 Å². The van der Waals surface area contributed by atoms with E-state index in [9.17, 15) is 14.0 Å². The number of carbonyl (C=O) groups excluding carboxylic acids is 2. The van der Waals surface area contributed by atoms with Crippen LogP contribution in [-0.2, 0) is 16.0 Å². The van der Waals surface area contributed by atoms with E-state index in [0.717, 1.165) is 27.7 Å². The summed E-state index contributed by atoms with van der Waals surface area (Å²) in [4.78, 5) is 30.6. The van der Waals surface area contributed by atoms with Crippen molar-refractivity contribution in [1.29, 1.82) is 0 Å². The molecule has 0 radical (unpaired) electrons. The van der Waals surface area contributed by atoms with Crippen molar-refractivity contribution in [3.05, 3.63) is 84.2 Å². The lowest BCUT2D eigenvalue weighted by Crippen LogP contribution is -2.38. The number of aryl methyl sites for hydroxylation is 1. The number of aromatic amines is 1. The summed E-state index contributed by atoms with van der Waals surface area (Å²) in [6.45, 7) is 2.17. The highest BCUT2D eigenvalue weighted by Gasteiger charge is 2.19. The van der Waals surface area contributed by atoms with Gasteiger partial charge in [-0.1, -0.05) is 42.5 Å². The topological polar surface area (TPSA) is 74.4 Å². The Morgan fingerprint density at radius 1 is 1.03 bits per heavy atom. The first-order valence-electron chi connectivity index (χ1n) is 11.6. The first-order valence-corrected chi connectivity index (χ1v) is 11.6. The number of halogens is 1. The number of para-hydroxylation sites is 2. The molecule has 1 heterocycles. The molecule has 0 atom stereocenters. The average molecular weight is 474 g/mol. The van der Waals surface area contributed by atoms with Crippen LogP contribution in [0, 0.1) is 5.82 Å². The van der Waals surface area contributed by atoms with Gasteiger partial charge >= 0.3 is 0 Å². The van der Waals surface area contributed by atoms with Crippen LogP contribution in [0.25, 0.3) is 22.2 Å². The lowest BCUT2D eigenvalue weighted by atomic mass is 10.0. The zero-order valence-corrected chi connectivity index (χ0v) is 19.8. The van der Waals surface area contributed by atoms with Crippen LogP contribution < -0.4 is 10.1 Å². The second-order valence-electron chi connectivity index (χ2n) is 8.19. The summed E-state index contributed by atoms with van der Waals surface area (Å²) in [5, 5.41) is 3.57. The number of fused-ring (bicyclic) bond motifs is 1. The number of carbonyl (C=O) groups is 2. The molecule has 4 rings (SSSR count). The zero-order valence-electron chi connectivity index (χ0n) is 19.8. The molecule has 0 aliphatic rings. The molecule has 2 N–H and O–H groups in total. The van der Waals surface area contributed by atoms with Crippen molar-refractivity contribution in [3.8, 4) is 17.0 Å². The van der Waals surface area contributed by atoms with Crippen LogP contribution in [-0.4, -0.2) is 41.9 Å². The number of nitrogens with one attached hydrogen (secondary N) is 2. The molecular weight excluding hydrogens is 445 g/mol. The van der Waals surface area contributed by atoms with Crippen molar-refractivity contribution < 1.29 is 18.7 Å². The number of H-pyrrole nitrogens is 1. The minimum Gasteiger partial charge on any atom is -0.495 e. The number of likely N-dealkylation sites (N-methyl/N-ethyl adjacent to an activating group) is 1. The third-order valence-corrected chi connectivity index (χ3v) is 5.97. The minimum absolute atomic E-state index is 0.0680. The van der Waals surface area contributed by atoms with Crippen LogP contribution in [0.1, 0.15) is 18.9 Å². The summed E-state index contributed by atoms with van der Waals surface area (Å²) < 4.78 is 19.3. The van der Waals surface area contributed by atoms with Gasteiger partial charge in [-0.05, 0) is 54.8 Å². The van der Waals surface area contributed by atoms with E-state index in [0.29, 0.717) is 24.4 Å². The van der Waals surface area contributed by atoms with E-state index in [2.05, 4.69) is 10.3 Å². The van der Waals surface area contributed by atoms with Crippen LogP contribution in [0.15, 0.2) is 72.8 Å². The van der Waals surface area contributed by atoms with E-state index >= 15 is 0 Å². The molecule has 0 saturated heterocycles. The second-order valence-corrected chi connectivity index (χ2v) is 8.19. The summed E-state index contributed by atoms with van der Waals surface area (Å²) in [6.07, 6.45) is 0.607. The quantitative estimate of drug-likeness (QED) is 0.342. The molecule has 0 aliphatic heterocycles. The maximum atomic E-state index is 14.0. The number of hydrogen-bond donors (Lipinski definition) is 2. The molecule has 0 aliphatic carbocycles. The molecule has 6 nitrogen and oxygen atoms in total. The summed E-state index contributed by atoms with van der Waals surface area (Å²) >= 11 is 0. The molecule has 180 valence electrons. The average Bonchev–Trinajstić information content (AvgIpc) is 3.24. The van der Waals surface area contributed by atoms with Crippen molar-refractivity contribution in [1.82, 2.24) is 9.88 Å². The molecule has 3 aromatic carbocycles. The van der Waals surface area contributed by atoms with Crippen molar-refractivity contribution >= 4 is 28.4 Å². The summed E-state index contributed by atoms with van der Waals surface area (Å²) in [7, 11) is 1.53. The third-order valence-electron chi connectivity index (χ3n) is 5.97. The van der Waals surface area contributed by atoms with Gasteiger partial charge in [0.2, 0.25) is 11.8 Å². The molecule has 7 heteroatoms. The normalized spacial score (nSPS) is 10.8. The smallest absolute Gasteiger partial charge is 0.244 e. The fraction of sp³-hybridized carbons (Fsp3) is 0.214. The number of amides is 2. The standard InChI is InChI=1S/C28H28FN3O3/c1-3-32(18-26(33)30-24-11-7-8-12-25(24)35-2)27(34)16-14-21-22-17-20(29)13-15-23(22)31-28(21)19-9-5-4-6-10-19/h4-13,15,17,31H,3,14,16,18H2,1-2H3,(H,30,33). The largest absolute Gasteiger partial charge is 0.495 e. The van der Waals surface area contributed by atoms with Gasteiger partial charge in [0.15, 0.2) is 0 Å². The molecule has 2 amide bonds. The number of ether oxygens (including phenoxy) is 1. The predicted molar refractivity (Wildman–Crippen MR) is 136 cm³/mol. The Hall–Kier alpha value is -4.13. The van der Waals surface area contributed by atoms with Crippen molar-refractivity contribution in [2.75, 3.05) is 25.5 Å². The minimum atomic E-state index is -0.327. The Morgan fingerprint density at radius 2 is 1.77 bits per heavy atom. The highest BCUT2D eigenvalue weighted by atomic mass is 19.1. The number of aromatic nitrogens is 1. The Kier molecular flexibility index (Phi) is 7.45.